The highest BCUT2D eigenvalue weighted by Crippen LogP contribution is 2.32. The zero-order valence-electron chi connectivity index (χ0n) is 19.3. The zero-order valence-corrected chi connectivity index (χ0v) is 19.3. The predicted octanol–water partition coefficient (Wildman–Crippen LogP) is 3.87. The number of nitrogens with zero attached hydrogens (tertiary/aromatic N) is 2. The fourth-order valence-electron chi connectivity index (χ4n) is 4.21. The number of ketones is 1. The Kier molecular flexibility index (Phi) is 6.26. The lowest BCUT2D eigenvalue weighted by Gasteiger charge is -2.26. The van der Waals surface area contributed by atoms with Crippen LogP contribution in [0.5, 0.6) is 5.75 Å². The number of hydrogen-bond acceptors (Lipinski definition) is 9. The Morgan fingerprint density at radius 1 is 1.20 bits per heavy atom. The summed E-state index contributed by atoms with van der Waals surface area (Å²) in [6.07, 6.45) is 1.24. The SMILES string of the molecule is COc1cccc(-c2ccnc(Nc3ccc4c(C5CNCCO5)c(C(C)=O)c(=O)oc4c3)n2)c1. The topological polar surface area (TPSA) is 116 Å². The van der Waals surface area contributed by atoms with Gasteiger partial charge in [-0.2, -0.15) is 0 Å². The van der Waals surface area contributed by atoms with Crippen LogP contribution in [0.15, 0.2) is 63.9 Å². The molecule has 3 heterocycles. The molecule has 178 valence electrons. The summed E-state index contributed by atoms with van der Waals surface area (Å²) in [5.41, 5.74) is 2.50. The second-order valence-electron chi connectivity index (χ2n) is 8.13. The second-order valence-corrected chi connectivity index (χ2v) is 8.13. The van der Waals surface area contributed by atoms with Crippen LogP contribution in [0.2, 0.25) is 0 Å². The van der Waals surface area contributed by atoms with Crippen LogP contribution in [0.3, 0.4) is 0 Å². The molecule has 2 aromatic carbocycles. The van der Waals surface area contributed by atoms with Crippen LogP contribution < -0.4 is 21.0 Å². The summed E-state index contributed by atoms with van der Waals surface area (Å²) in [6.45, 7) is 3.07. The van der Waals surface area contributed by atoms with Gasteiger partial charge in [0.25, 0.3) is 0 Å². The van der Waals surface area contributed by atoms with Crippen LogP contribution >= 0.6 is 0 Å². The van der Waals surface area contributed by atoms with Crippen LogP contribution in [-0.4, -0.2) is 42.6 Å². The highest BCUT2D eigenvalue weighted by Gasteiger charge is 2.27. The number of hydrogen-bond donors (Lipinski definition) is 2. The first kappa shape index (κ1) is 22.7. The lowest BCUT2D eigenvalue weighted by Crippen LogP contribution is -2.35. The van der Waals surface area contributed by atoms with Gasteiger partial charge in [-0.3, -0.25) is 4.79 Å². The molecule has 35 heavy (non-hydrogen) atoms. The molecule has 4 aromatic rings. The Morgan fingerprint density at radius 3 is 2.86 bits per heavy atom. The van der Waals surface area contributed by atoms with Gasteiger partial charge in [-0.15, -0.1) is 0 Å². The smallest absolute Gasteiger partial charge is 0.347 e. The average molecular weight is 473 g/mol. The van der Waals surface area contributed by atoms with Crippen molar-refractivity contribution in [3.05, 3.63) is 76.3 Å². The van der Waals surface area contributed by atoms with Gasteiger partial charge >= 0.3 is 5.63 Å². The van der Waals surface area contributed by atoms with E-state index in [1.165, 1.54) is 6.92 Å². The first-order chi connectivity index (χ1) is 17.0. The minimum atomic E-state index is -0.678. The van der Waals surface area contributed by atoms with Crippen LogP contribution in [-0.2, 0) is 4.74 Å². The number of nitrogens with one attached hydrogen (secondary N) is 2. The molecule has 0 amide bonds. The minimum absolute atomic E-state index is 0.0289. The molecule has 0 bridgehead atoms. The summed E-state index contributed by atoms with van der Waals surface area (Å²) in [5.74, 6) is 0.764. The largest absolute Gasteiger partial charge is 0.497 e. The van der Waals surface area contributed by atoms with Crippen molar-refractivity contribution < 1.29 is 18.7 Å². The molecule has 9 heteroatoms. The molecular formula is C26H24N4O5. The van der Waals surface area contributed by atoms with E-state index in [2.05, 4.69) is 20.6 Å². The van der Waals surface area contributed by atoms with E-state index < -0.39 is 11.7 Å². The van der Waals surface area contributed by atoms with E-state index in [4.69, 9.17) is 13.9 Å². The summed E-state index contributed by atoms with van der Waals surface area (Å²) >= 11 is 0. The maximum absolute atomic E-state index is 12.7. The molecule has 1 aliphatic heterocycles. The number of Topliss-reactive ketones (excluding diaryl/α,β-unsaturated/α-hetero) is 1. The molecule has 0 spiro atoms. The molecule has 2 aromatic heterocycles. The van der Waals surface area contributed by atoms with Crippen molar-refractivity contribution in [3.63, 3.8) is 0 Å². The molecule has 9 nitrogen and oxygen atoms in total. The Labute approximate surface area is 201 Å². The first-order valence-electron chi connectivity index (χ1n) is 11.2. The van der Waals surface area contributed by atoms with E-state index >= 15 is 0 Å². The number of carbonyl (C=O) groups is 1. The summed E-state index contributed by atoms with van der Waals surface area (Å²) in [4.78, 5) is 33.9. The zero-order chi connectivity index (χ0) is 24.4. The van der Waals surface area contributed by atoms with Gasteiger partial charge in [0.15, 0.2) is 5.78 Å². The number of morpholine rings is 1. The average Bonchev–Trinajstić information content (AvgIpc) is 2.88. The van der Waals surface area contributed by atoms with E-state index in [9.17, 15) is 9.59 Å². The van der Waals surface area contributed by atoms with Gasteiger partial charge in [0.1, 0.15) is 16.9 Å². The van der Waals surface area contributed by atoms with E-state index in [0.29, 0.717) is 47.9 Å². The summed E-state index contributed by atoms with van der Waals surface area (Å²) in [6, 6.07) is 14.7. The lowest BCUT2D eigenvalue weighted by molar-refractivity contribution is 0.0277. The van der Waals surface area contributed by atoms with Gasteiger partial charge in [0.05, 0.1) is 25.5 Å². The van der Waals surface area contributed by atoms with E-state index in [0.717, 1.165) is 17.0 Å². The molecule has 0 radical (unpaired) electrons. The summed E-state index contributed by atoms with van der Waals surface area (Å²) < 4.78 is 16.7. The number of methoxy groups -OCH3 is 1. The monoisotopic (exact) mass is 472 g/mol. The molecule has 0 saturated carbocycles. The number of aromatic nitrogens is 2. The van der Waals surface area contributed by atoms with Gasteiger partial charge in [-0.1, -0.05) is 12.1 Å². The number of carbonyl (C=O) groups excluding carboxylic acids is 1. The molecular weight excluding hydrogens is 448 g/mol. The van der Waals surface area contributed by atoms with E-state index in [1.54, 1.807) is 19.4 Å². The van der Waals surface area contributed by atoms with Crippen LogP contribution in [0, 0.1) is 0 Å². The fourth-order valence-corrected chi connectivity index (χ4v) is 4.21. The van der Waals surface area contributed by atoms with E-state index in [-0.39, 0.29) is 11.3 Å². The molecule has 2 N–H and O–H groups in total. The highest BCUT2D eigenvalue weighted by atomic mass is 16.5. The molecule has 1 aliphatic rings. The number of benzene rings is 2. The minimum Gasteiger partial charge on any atom is -0.497 e. The number of anilines is 2. The van der Waals surface area contributed by atoms with Crippen molar-refractivity contribution in [2.45, 2.75) is 13.0 Å². The molecule has 1 atom stereocenters. The molecule has 5 rings (SSSR count). The Hall–Kier alpha value is -4.08. The fraction of sp³-hybridized carbons (Fsp3) is 0.231. The third kappa shape index (κ3) is 4.64. The van der Waals surface area contributed by atoms with Gasteiger partial charge < -0.3 is 24.5 Å². The summed E-state index contributed by atoms with van der Waals surface area (Å²) in [5, 5.41) is 7.07. The first-order valence-corrected chi connectivity index (χ1v) is 11.2. The van der Waals surface area contributed by atoms with Gasteiger partial charge in [-0.25, -0.2) is 14.8 Å². The standard InChI is InChI=1S/C26H24N4O5/c1-15(31)23-24(22-14-27-10-11-34-22)19-7-6-17(13-21(19)35-25(23)32)29-26-28-9-8-20(30-26)16-4-3-5-18(12-16)33-2/h3-9,12-13,22,27H,10-11,14H2,1-2H3,(H,28,29,30). The third-order valence-electron chi connectivity index (χ3n) is 5.83. The summed E-state index contributed by atoms with van der Waals surface area (Å²) in [7, 11) is 1.62. The Morgan fingerprint density at radius 2 is 2.09 bits per heavy atom. The van der Waals surface area contributed by atoms with Crippen molar-refractivity contribution in [1.29, 1.82) is 0 Å². The lowest BCUT2D eigenvalue weighted by atomic mass is 9.96. The second kappa shape index (κ2) is 9.65. The van der Waals surface area contributed by atoms with E-state index in [1.807, 2.05) is 42.5 Å². The third-order valence-corrected chi connectivity index (χ3v) is 5.83. The van der Waals surface area contributed by atoms with Gasteiger partial charge in [0, 0.05) is 47.6 Å². The maximum atomic E-state index is 12.7. The maximum Gasteiger partial charge on any atom is 0.347 e. The van der Waals surface area contributed by atoms with Gasteiger partial charge in [0.2, 0.25) is 5.95 Å². The number of rotatable bonds is 6. The quantitative estimate of drug-likeness (QED) is 0.319. The van der Waals surface area contributed by atoms with Crippen molar-refractivity contribution in [2.75, 3.05) is 32.1 Å². The Bertz CT molecular complexity index is 1460. The van der Waals surface area contributed by atoms with Crippen LogP contribution in [0.1, 0.15) is 28.9 Å². The predicted molar refractivity (Wildman–Crippen MR) is 131 cm³/mol. The molecule has 1 unspecified atom stereocenters. The van der Waals surface area contributed by atoms with Crippen LogP contribution in [0.25, 0.3) is 22.2 Å². The normalized spacial score (nSPS) is 15.7. The number of ether oxygens (including phenoxy) is 2. The molecule has 0 aliphatic carbocycles. The van der Waals surface area contributed by atoms with Crippen molar-refractivity contribution in [3.8, 4) is 17.0 Å². The van der Waals surface area contributed by atoms with Crippen molar-refractivity contribution in [1.82, 2.24) is 15.3 Å². The van der Waals surface area contributed by atoms with Crippen LogP contribution in [0.4, 0.5) is 11.6 Å². The Balaban J connectivity index is 1.51. The van der Waals surface area contributed by atoms with Crippen molar-refractivity contribution in [2.24, 2.45) is 0 Å². The van der Waals surface area contributed by atoms with Gasteiger partial charge in [-0.05, 0) is 37.3 Å². The van der Waals surface area contributed by atoms with Crippen molar-refractivity contribution >= 4 is 28.4 Å². The number of fused-ring (bicyclic) bond motifs is 1. The highest BCUT2D eigenvalue weighted by molar-refractivity contribution is 6.00. The molecule has 1 fully saturated rings. The molecule has 1 saturated heterocycles.